The van der Waals surface area contributed by atoms with E-state index in [0.717, 1.165) is 55.9 Å². The van der Waals surface area contributed by atoms with Crippen LogP contribution in [0.5, 0.6) is 0 Å². The van der Waals surface area contributed by atoms with Gasteiger partial charge in [0.25, 0.3) is 5.91 Å². The van der Waals surface area contributed by atoms with Crippen LogP contribution in [0, 0.1) is 0 Å². The Bertz CT molecular complexity index is 785. The van der Waals surface area contributed by atoms with Crippen molar-refractivity contribution in [3.05, 3.63) is 53.2 Å². The molecule has 142 valence electrons. The number of rotatable bonds is 3. The fourth-order valence-corrected chi connectivity index (χ4v) is 3.79. The number of morpholine rings is 1. The molecule has 1 aromatic carbocycles. The molecule has 0 radical (unpaired) electrons. The number of benzene rings is 1. The van der Waals surface area contributed by atoms with Crippen molar-refractivity contribution in [3.63, 3.8) is 0 Å². The number of hydrogen-bond donors (Lipinski definition) is 0. The monoisotopic (exact) mass is 386 g/mol. The molecule has 2 saturated heterocycles. The highest BCUT2D eigenvalue weighted by molar-refractivity contribution is 6.33. The molecule has 4 rings (SSSR count). The summed E-state index contributed by atoms with van der Waals surface area (Å²) in [6, 6.07) is 11.6. The smallest absolute Gasteiger partial charge is 0.255 e. The van der Waals surface area contributed by atoms with Gasteiger partial charge in [-0.05, 0) is 24.3 Å². The van der Waals surface area contributed by atoms with E-state index in [9.17, 15) is 4.79 Å². The number of pyridine rings is 1. The molecule has 0 aliphatic carbocycles. The summed E-state index contributed by atoms with van der Waals surface area (Å²) in [4.78, 5) is 23.6. The van der Waals surface area contributed by atoms with Gasteiger partial charge in [-0.15, -0.1) is 0 Å². The third kappa shape index (κ3) is 4.01. The molecule has 0 saturated carbocycles. The van der Waals surface area contributed by atoms with E-state index in [-0.39, 0.29) is 5.91 Å². The molecule has 2 aliphatic heterocycles. The fourth-order valence-electron chi connectivity index (χ4n) is 3.53. The van der Waals surface area contributed by atoms with E-state index in [0.29, 0.717) is 18.7 Å². The second-order valence-electron chi connectivity index (χ2n) is 6.74. The lowest BCUT2D eigenvalue weighted by Crippen LogP contribution is -2.48. The van der Waals surface area contributed by atoms with Gasteiger partial charge in [0.2, 0.25) is 0 Å². The maximum absolute atomic E-state index is 12.8. The summed E-state index contributed by atoms with van der Waals surface area (Å²) in [7, 11) is 0. The Hall–Kier alpha value is -2.31. The zero-order valence-electron chi connectivity index (χ0n) is 15.2. The lowest BCUT2D eigenvalue weighted by atomic mass is 10.2. The number of aromatic nitrogens is 1. The largest absolute Gasteiger partial charge is 0.378 e. The molecule has 3 heterocycles. The Labute approximate surface area is 164 Å². The molecular weight excluding hydrogens is 364 g/mol. The maximum Gasteiger partial charge on any atom is 0.255 e. The van der Waals surface area contributed by atoms with Crippen LogP contribution in [0.2, 0.25) is 5.02 Å². The molecule has 2 aliphatic rings. The van der Waals surface area contributed by atoms with E-state index >= 15 is 0 Å². The van der Waals surface area contributed by atoms with Gasteiger partial charge in [-0.25, -0.2) is 4.98 Å². The number of carbonyl (C=O) groups is 1. The number of halogens is 1. The summed E-state index contributed by atoms with van der Waals surface area (Å²) in [5.41, 5.74) is 1.67. The van der Waals surface area contributed by atoms with Crippen LogP contribution in [0.1, 0.15) is 10.4 Å². The molecule has 1 amide bonds. The SMILES string of the molecule is O=C(c1ccc(N2CCOCC2)nc1)N1CCN(c2ccccc2Cl)CC1. The van der Waals surface area contributed by atoms with Crippen molar-refractivity contribution in [2.24, 2.45) is 0 Å². The summed E-state index contributed by atoms with van der Waals surface area (Å²) in [6.07, 6.45) is 1.69. The fraction of sp³-hybridized carbons (Fsp3) is 0.400. The first kappa shape index (κ1) is 18.1. The number of ether oxygens (including phenoxy) is 1. The van der Waals surface area contributed by atoms with Crippen LogP contribution in [0.3, 0.4) is 0 Å². The molecule has 1 aromatic heterocycles. The average Bonchev–Trinajstić information content (AvgIpc) is 2.74. The van der Waals surface area contributed by atoms with E-state index in [4.69, 9.17) is 16.3 Å². The molecule has 0 atom stereocenters. The lowest BCUT2D eigenvalue weighted by molar-refractivity contribution is 0.0746. The van der Waals surface area contributed by atoms with Crippen LogP contribution < -0.4 is 9.80 Å². The number of piperazine rings is 1. The predicted molar refractivity (Wildman–Crippen MR) is 107 cm³/mol. The van der Waals surface area contributed by atoms with E-state index in [2.05, 4.69) is 14.8 Å². The molecule has 2 aromatic rings. The molecule has 0 bridgehead atoms. The van der Waals surface area contributed by atoms with Crippen molar-refractivity contribution in [1.82, 2.24) is 9.88 Å². The van der Waals surface area contributed by atoms with E-state index in [1.165, 1.54) is 0 Å². The minimum Gasteiger partial charge on any atom is -0.378 e. The highest BCUT2D eigenvalue weighted by atomic mass is 35.5. The highest BCUT2D eigenvalue weighted by Gasteiger charge is 2.23. The van der Waals surface area contributed by atoms with Crippen LogP contribution in [-0.4, -0.2) is 68.3 Å². The van der Waals surface area contributed by atoms with Gasteiger partial charge < -0.3 is 19.4 Å². The van der Waals surface area contributed by atoms with E-state index < -0.39 is 0 Å². The Morgan fingerprint density at radius 1 is 0.926 bits per heavy atom. The zero-order valence-corrected chi connectivity index (χ0v) is 15.9. The van der Waals surface area contributed by atoms with Gasteiger partial charge in [-0.2, -0.15) is 0 Å². The summed E-state index contributed by atoms with van der Waals surface area (Å²) in [5.74, 6) is 0.938. The van der Waals surface area contributed by atoms with Gasteiger partial charge >= 0.3 is 0 Å². The molecule has 2 fully saturated rings. The topological polar surface area (TPSA) is 48.9 Å². The van der Waals surface area contributed by atoms with E-state index in [1.807, 2.05) is 41.3 Å². The minimum atomic E-state index is 0.0369. The molecule has 0 N–H and O–H groups in total. The summed E-state index contributed by atoms with van der Waals surface area (Å²) in [6.45, 7) is 6.01. The Kier molecular flexibility index (Phi) is 5.45. The van der Waals surface area contributed by atoms with Crippen molar-refractivity contribution in [3.8, 4) is 0 Å². The number of para-hydroxylation sites is 1. The van der Waals surface area contributed by atoms with Gasteiger partial charge in [0.15, 0.2) is 0 Å². The van der Waals surface area contributed by atoms with Crippen molar-refractivity contribution in [2.45, 2.75) is 0 Å². The summed E-state index contributed by atoms with van der Waals surface area (Å²) in [5, 5.41) is 0.750. The Morgan fingerprint density at radius 2 is 1.67 bits per heavy atom. The quantitative estimate of drug-likeness (QED) is 0.811. The first-order valence-electron chi connectivity index (χ1n) is 9.30. The van der Waals surface area contributed by atoms with Crippen LogP contribution in [0.15, 0.2) is 42.6 Å². The maximum atomic E-state index is 12.8. The van der Waals surface area contributed by atoms with E-state index in [1.54, 1.807) is 6.20 Å². The molecule has 0 unspecified atom stereocenters. The number of anilines is 2. The number of hydrogen-bond acceptors (Lipinski definition) is 5. The van der Waals surface area contributed by atoms with Crippen molar-refractivity contribution in [1.29, 1.82) is 0 Å². The third-order valence-electron chi connectivity index (χ3n) is 5.09. The summed E-state index contributed by atoms with van der Waals surface area (Å²) >= 11 is 6.29. The highest BCUT2D eigenvalue weighted by Crippen LogP contribution is 2.26. The second kappa shape index (κ2) is 8.15. The first-order chi connectivity index (χ1) is 13.2. The van der Waals surface area contributed by atoms with Gasteiger partial charge in [0.1, 0.15) is 5.82 Å². The molecule has 27 heavy (non-hydrogen) atoms. The van der Waals surface area contributed by atoms with Crippen LogP contribution in [0.4, 0.5) is 11.5 Å². The minimum absolute atomic E-state index is 0.0369. The zero-order chi connectivity index (χ0) is 18.6. The standard InChI is InChI=1S/C20H23ClN4O2/c21-17-3-1-2-4-18(17)23-7-9-25(10-8-23)20(26)16-5-6-19(22-15-16)24-11-13-27-14-12-24/h1-6,15H,7-14H2. The van der Waals surface area contributed by atoms with Gasteiger partial charge in [0.05, 0.1) is 29.5 Å². The predicted octanol–water partition coefficient (Wildman–Crippen LogP) is 2.53. The van der Waals surface area contributed by atoms with Crippen molar-refractivity contribution >= 4 is 29.0 Å². The van der Waals surface area contributed by atoms with Gasteiger partial charge in [-0.3, -0.25) is 4.79 Å². The van der Waals surface area contributed by atoms with Crippen LogP contribution in [-0.2, 0) is 4.74 Å². The van der Waals surface area contributed by atoms with Crippen LogP contribution in [0.25, 0.3) is 0 Å². The molecule has 7 heteroatoms. The lowest BCUT2D eigenvalue weighted by Gasteiger charge is -2.36. The Morgan fingerprint density at radius 3 is 2.33 bits per heavy atom. The van der Waals surface area contributed by atoms with Crippen molar-refractivity contribution in [2.75, 3.05) is 62.3 Å². The average molecular weight is 387 g/mol. The van der Waals surface area contributed by atoms with Crippen LogP contribution >= 0.6 is 11.6 Å². The third-order valence-corrected chi connectivity index (χ3v) is 5.41. The molecular formula is C20H23ClN4O2. The Balaban J connectivity index is 1.37. The second-order valence-corrected chi connectivity index (χ2v) is 7.14. The van der Waals surface area contributed by atoms with Gasteiger partial charge in [0, 0.05) is 45.5 Å². The number of nitrogens with zero attached hydrogens (tertiary/aromatic N) is 4. The molecule has 0 spiro atoms. The van der Waals surface area contributed by atoms with Gasteiger partial charge in [-0.1, -0.05) is 23.7 Å². The number of amides is 1. The normalized spacial score (nSPS) is 17.9. The first-order valence-corrected chi connectivity index (χ1v) is 9.68. The van der Waals surface area contributed by atoms with Crippen molar-refractivity contribution < 1.29 is 9.53 Å². The summed E-state index contributed by atoms with van der Waals surface area (Å²) < 4.78 is 5.37. The molecule has 6 nitrogen and oxygen atoms in total. The number of carbonyl (C=O) groups excluding carboxylic acids is 1.